The summed E-state index contributed by atoms with van der Waals surface area (Å²) in [5.41, 5.74) is 0.811. The van der Waals surface area contributed by atoms with Crippen molar-refractivity contribution in [2.24, 2.45) is 0 Å². The lowest BCUT2D eigenvalue weighted by atomic mass is 10.0. The Balaban J connectivity index is 2.68. The Bertz CT molecular complexity index is 505. The van der Waals surface area contributed by atoms with Crippen molar-refractivity contribution in [1.82, 2.24) is 5.32 Å². The average molecular weight is 294 g/mol. The third-order valence-corrected chi connectivity index (χ3v) is 4.06. The van der Waals surface area contributed by atoms with E-state index in [4.69, 9.17) is 11.6 Å². The normalized spacial score (nSPS) is 13.6. The molecule has 0 amide bonds. The molecule has 0 aliphatic carbocycles. The van der Waals surface area contributed by atoms with Crippen LogP contribution >= 0.6 is 11.6 Å². The molecule has 0 aliphatic rings. The van der Waals surface area contributed by atoms with E-state index in [0.717, 1.165) is 5.56 Å². The molecule has 0 aliphatic heterocycles. The fourth-order valence-electron chi connectivity index (χ4n) is 1.66. The number of rotatable bonds is 6. The molecule has 0 heterocycles. The van der Waals surface area contributed by atoms with Gasteiger partial charge in [0, 0.05) is 17.3 Å². The number of benzene rings is 1. The van der Waals surface area contributed by atoms with Gasteiger partial charge in [0.25, 0.3) is 0 Å². The third-order valence-electron chi connectivity index (χ3n) is 2.73. The average Bonchev–Trinajstić information content (AvgIpc) is 2.25. The minimum absolute atomic E-state index is 0.00249. The summed E-state index contributed by atoms with van der Waals surface area (Å²) >= 11 is 5.93. The lowest BCUT2D eigenvalue weighted by Crippen LogP contribution is -2.30. The summed E-state index contributed by atoms with van der Waals surface area (Å²) in [6.45, 7) is 0. The molecule has 0 radical (unpaired) electrons. The van der Waals surface area contributed by atoms with Gasteiger partial charge >= 0.3 is 0 Å². The first-order valence-electron chi connectivity index (χ1n) is 5.60. The van der Waals surface area contributed by atoms with E-state index < -0.39 is 9.84 Å². The van der Waals surface area contributed by atoms with E-state index in [1.807, 2.05) is 0 Å². The van der Waals surface area contributed by atoms with Crippen LogP contribution in [0.1, 0.15) is 12.0 Å². The van der Waals surface area contributed by atoms with E-state index in [9.17, 15) is 12.8 Å². The van der Waals surface area contributed by atoms with Crippen molar-refractivity contribution < 1.29 is 12.8 Å². The second kappa shape index (κ2) is 6.50. The van der Waals surface area contributed by atoms with E-state index in [2.05, 4.69) is 5.32 Å². The number of likely N-dealkylation sites (N-methyl/N-ethyl adjacent to an activating group) is 1. The highest BCUT2D eigenvalue weighted by molar-refractivity contribution is 7.90. The van der Waals surface area contributed by atoms with Crippen molar-refractivity contribution in [2.75, 3.05) is 19.1 Å². The van der Waals surface area contributed by atoms with Gasteiger partial charge in [-0.3, -0.25) is 0 Å². The van der Waals surface area contributed by atoms with Crippen LogP contribution in [0.3, 0.4) is 0 Å². The second-order valence-corrected chi connectivity index (χ2v) is 7.01. The van der Waals surface area contributed by atoms with Gasteiger partial charge in [0.15, 0.2) is 0 Å². The maximum Gasteiger partial charge on any atom is 0.147 e. The molecule has 102 valence electrons. The van der Waals surface area contributed by atoms with Gasteiger partial charge < -0.3 is 5.32 Å². The Kier molecular flexibility index (Phi) is 5.56. The maximum atomic E-state index is 12.9. The molecule has 3 nitrogen and oxygen atoms in total. The Morgan fingerprint density at radius 2 is 2.11 bits per heavy atom. The summed E-state index contributed by atoms with van der Waals surface area (Å²) in [6, 6.07) is 4.25. The zero-order valence-corrected chi connectivity index (χ0v) is 12.0. The zero-order valence-electron chi connectivity index (χ0n) is 10.4. The van der Waals surface area contributed by atoms with Gasteiger partial charge in [-0.05, 0) is 37.6 Å². The lowest BCUT2D eigenvalue weighted by molar-refractivity contribution is 0.534. The van der Waals surface area contributed by atoms with Crippen molar-refractivity contribution in [3.05, 3.63) is 34.6 Å². The first-order valence-corrected chi connectivity index (χ1v) is 8.04. The van der Waals surface area contributed by atoms with Gasteiger partial charge in [0.1, 0.15) is 15.7 Å². The number of hydrogen-bond donors (Lipinski definition) is 1. The van der Waals surface area contributed by atoms with Crippen LogP contribution in [0, 0.1) is 5.82 Å². The monoisotopic (exact) mass is 293 g/mol. The van der Waals surface area contributed by atoms with Crippen LogP contribution in [0.4, 0.5) is 4.39 Å². The quantitative estimate of drug-likeness (QED) is 0.873. The summed E-state index contributed by atoms with van der Waals surface area (Å²) in [5, 5.41) is 3.42. The Morgan fingerprint density at radius 1 is 1.44 bits per heavy atom. The van der Waals surface area contributed by atoms with E-state index in [1.54, 1.807) is 13.1 Å². The molecule has 18 heavy (non-hydrogen) atoms. The Labute approximate surface area is 112 Å². The van der Waals surface area contributed by atoms with Crippen LogP contribution in [0.2, 0.25) is 5.02 Å². The second-order valence-electron chi connectivity index (χ2n) is 4.34. The van der Waals surface area contributed by atoms with Crippen LogP contribution < -0.4 is 5.32 Å². The fourth-order valence-corrected chi connectivity index (χ4v) is 2.61. The summed E-state index contributed by atoms with van der Waals surface area (Å²) in [6.07, 6.45) is 2.29. The lowest BCUT2D eigenvalue weighted by Gasteiger charge is -2.16. The van der Waals surface area contributed by atoms with E-state index in [1.165, 1.54) is 18.4 Å². The molecule has 0 aromatic heterocycles. The summed E-state index contributed by atoms with van der Waals surface area (Å²) in [7, 11) is -1.20. The molecular weight excluding hydrogens is 277 g/mol. The van der Waals surface area contributed by atoms with Crippen LogP contribution in [0.15, 0.2) is 18.2 Å². The molecule has 1 N–H and O–H groups in total. The van der Waals surface area contributed by atoms with E-state index in [-0.39, 0.29) is 17.6 Å². The smallest absolute Gasteiger partial charge is 0.147 e. The topological polar surface area (TPSA) is 46.2 Å². The van der Waals surface area contributed by atoms with Crippen LogP contribution in [-0.2, 0) is 16.3 Å². The largest absolute Gasteiger partial charge is 0.317 e. The molecule has 0 fully saturated rings. The summed E-state index contributed by atoms with van der Waals surface area (Å²) < 4.78 is 35.1. The molecule has 0 spiro atoms. The van der Waals surface area contributed by atoms with E-state index in [0.29, 0.717) is 17.9 Å². The molecule has 6 heteroatoms. The van der Waals surface area contributed by atoms with Gasteiger partial charge in [-0.1, -0.05) is 17.7 Å². The minimum Gasteiger partial charge on any atom is -0.317 e. The number of halogens is 2. The van der Waals surface area contributed by atoms with Crippen molar-refractivity contribution >= 4 is 21.4 Å². The van der Waals surface area contributed by atoms with Gasteiger partial charge in [0.2, 0.25) is 0 Å². The van der Waals surface area contributed by atoms with Crippen LogP contribution in [-0.4, -0.2) is 33.5 Å². The predicted octanol–water partition coefficient (Wildman–Crippen LogP) is 2.04. The molecule has 1 atom stereocenters. The molecule has 0 bridgehead atoms. The molecule has 1 unspecified atom stereocenters. The molecule has 0 saturated carbocycles. The fraction of sp³-hybridized carbons (Fsp3) is 0.500. The highest BCUT2D eigenvalue weighted by Crippen LogP contribution is 2.19. The third kappa shape index (κ3) is 5.33. The summed E-state index contributed by atoms with van der Waals surface area (Å²) in [4.78, 5) is 0. The molecule has 0 saturated heterocycles. The number of nitrogens with one attached hydrogen (secondary N) is 1. The van der Waals surface area contributed by atoms with Gasteiger partial charge in [-0.15, -0.1) is 0 Å². The Morgan fingerprint density at radius 3 is 2.61 bits per heavy atom. The SMILES string of the molecule is CNC(CCS(C)(=O)=O)Cc1ccc(F)cc1Cl. The van der Waals surface area contributed by atoms with Crippen molar-refractivity contribution in [2.45, 2.75) is 18.9 Å². The highest BCUT2D eigenvalue weighted by Gasteiger charge is 2.13. The van der Waals surface area contributed by atoms with Crippen molar-refractivity contribution in [3.63, 3.8) is 0 Å². The number of hydrogen-bond acceptors (Lipinski definition) is 3. The zero-order chi connectivity index (χ0) is 13.8. The van der Waals surface area contributed by atoms with Gasteiger partial charge in [-0.25, -0.2) is 12.8 Å². The number of sulfone groups is 1. The maximum absolute atomic E-state index is 12.9. The van der Waals surface area contributed by atoms with E-state index >= 15 is 0 Å². The highest BCUT2D eigenvalue weighted by atomic mass is 35.5. The van der Waals surface area contributed by atoms with Crippen LogP contribution in [0.25, 0.3) is 0 Å². The van der Waals surface area contributed by atoms with Crippen molar-refractivity contribution in [1.29, 1.82) is 0 Å². The Hall–Kier alpha value is -0.650. The van der Waals surface area contributed by atoms with Gasteiger partial charge in [-0.2, -0.15) is 0 Å². The summed E-state index contributed by atoms with van der Waals surface area (Å²) in [5.74, 6) is -0.252. The standard InChI is InChI=1S/C12H17ClFNO2S/c1-15-11(5-6-18(2,16)17)7-9-3-4-10(14)8-12(9)13/h3-4,8,11,15H,5-7H2,1-2H3. The van der Waals surface area contributed by atoms with Crippen LogP contribution in [0.5, 0.6) is 0 Å². The first-order chi connectivity index (χ1) is 8.31. The van der Waals surface area contributed by atoms with Crippen molar-refractivity contribution in [3.8, 4) is 0 Å². The molecular formula is C12H17ClFNO2S. The molecule has 1 aromatic carbocycles. The molecule has 1 rings (SSSR count). The predicted molar refractivity (Wildman–Crippen MR) is 72.3 cm³/mol. The first kappa shape index (κ1) is 15.4. The molecule has 1 aromatic rings. The van der Waals surface area contributed by atoms with Gasteiger partial charge in [0.05, 0.1) is 5.75 Å². The minimum atomic E-state index is -2.97.